The second-order valence-electron chi connectivity index (χ2n) is 5.78. The van der Waals surface area contributed by atoms with Gasteiger partial charge in [-0.15, -0.1) is 11.3 Å². The third-order valence-electron chi connectivity index (χ3n) is 4.09. The zero-order valence-corrected chi connectivity index (χ0v) is 15.1. The van der Waals surface area contributed by atoms with Crippen LogP contribution in [0.3, 0.4) is 0 Å². The highest BCUT2D eigenvalue weighted by Crippen LogP contribution is 2.30. The normalized spacial score (nSPS) is 15.2. The van der Waals surface area contributed by atoms with Crippen molar-refractivity contribution in [2.45, 2.75) is 13.3 Å². The first-order valence-electron chi connectivity index (χ1n) is 8.43. The number of carbonyl (C=O) groups is 1. The molecule has 1 fully saturated rings. The number of ether oxygens (including phenoxy) is 2. The summed E-state index contributed by atoms with van der Waals surface area (Å²) in [7, 11) is 0. The Bertz CT molecular complexity index is 726. The highest BCUT2D eigenvalue weighted by molar-refractivity contribution is 7.17. The lowest BCUT2D eigenvalue weighted by Gasteiger charge is -2.26. The van der Waals surface area contributed by atoms with Crippen LogP contribution in [-0.2, 0) is 11.2 Å². The molecule has 2 aromatic rings. The van der Waals surface area contributed by atoms with E-state index in [9.17, 15) is 9.90 Å². The van der Waals surface area contributed by atoms with Crippen LogP contribution in [0.15, 0.2) is 24.3 Å². The summed E-state index contributed by atoms with van der Waals surface area (Å²) >= 11 is 1.21. The van der Waals surface area contributed by atoms with Gasteiger partial charge in [-0.25, -0.2) is 9.78 Å². The molecule has 1 N–H and O–H groups in total. The van der Waals surface area contributed by atoms with Crippen molar-refractivity contribution in [3.8, 4) is 16.3 Å². The molecular formula is C18H22N2O4S. The van der Waals surface area contributed by atoms with Gasteiger partial charge in [-0.05, 0) is 18.6 Å². The van der Waals surface area contributed by atoms with Gasteiger partial charge in [0.05, 0.1) is 18.9 Å². The van der Waals surface area contributed by atoms with Crippen LogP contribution in [0.1, 0.15) is 22.3 Å². The van der Waals surface area contributed by atoms with E-state index in [2.05, 4.69) is 9.88 Å². The first-order valence-corrected chi connectivity index (χ1v) is 9.25. The van der Waals surface area contributed by atoms with Gasteiger partial charge < -0.3 is 14.6 Å². The van der Waals surface area contributed by atoms with Crippen molar-refractivity contribution in [2.24, 2.45) is 0 Å². The van der Waals surface area contributed by atoms with E-state index < -0.39 is 5.97 Å². The van der Waals surface area contributed by atoms with Gasteiger partial charge in [0.15, 0.2) is 0 Å². The fraction of sp³-hybridized carbons (Fsp3) is 0.444. The first kappa shape index (κ1) is 17.8. The van der Waals surface area contributed by atoms with Crippen LogP contribution in [0, 0.1) is 0 Å². The molecule has 1 aliphatic heterocycles. The van der Waals surface area contributed by atoms with Crippen LogP contribution in [0.25, 0.3) is 10.6 Å². The zero-order chi connectivity index (χ0) is 17.6. The number of morpholine rings is 1. The molecule has 6 nitrogen and oxygen atoms in total. The highest BCUT2D eigenvalue weighted by atomic mass is 32.1. The number of rotatable bonds is 7. The van der Waals surface area contributed by atoms with E-state index in [4.69, 9.17) is 9.47 Å². The van der Waals surface area contributed by atoms with Crippen molar-refractivity contribution in [2.75, 3.05) is 39.5 Å². The largest absolute Gasteiger partial charge is 0.492 e. The Morgan fingerprint density at radius 1 is 1.40 bits per heavy atom. The smallest absolute Gasteiger partial charge is 0.347 e. The molecule has 0 spiro atoms. The lowest BCUT2D eigenvalue weighted by Crippen LogP contribution is -2.38. The maximum Gasteiger partial charge on any atom is 0.347 e. The second kappa shape index (κ2) is 8.42. The predicted octanol–water partition coefficient (Wildman–Crippen LogP) is 2.78. The summed E-state index contributed by atoms with van der Waals surface area (Å²) < 4.78 is 11.2. The van der Waals surface area contributed by atoms with E-state index >= 15 is 0 Å². The van der Waals surface area contributed by atoms with Crippen molar-refractivity contribution in [3.63, 3.8) is 0 Å². The minimum Gasteiger partial charge on any atom is -0.492 e. The number of carboxylic acid groups (broad SMARTS) is 1. The fourth-order valence-electron chi connectivity index (χ4n) is 2.72. The summed E-state index contributed by atoms with van der Waals surface area (Å²) in [6.07, 6.45) is 0.605. The molecule has 7 heteroatoms. The molecule has 0 saturated carbocycles. The van der Waals surface area contributed by atoms with E-state index in [1.807, 2.05) is 31.2 Å². The van der Waals surface area contributed by atoms with Gasteiger partial charge in [0.1, 0.15) is 22.2 Å². The van der Waals surface area contributed by atoms with Gasteiger partial charge in [0.2, 0.25) is 0 Å². The van der Waals surface area contributed by atoms with Gasteiger partial charge in [0.25, 0.3) is 0 Å². The monoisotopic (exact) mass is 362 g/mol. The lowest BCUT2D eigenvalue weighted by molar-refractivity contribution is 0.0322. The summed E-state index contributed by atoms with van der Waals surface area (Å²) in [5.41, 5.74) is 1.52. The van der Waals surface area contributed by atoms with E-state index in [0.29, 0.717) is 28.6 Å². The maximum absolute atomic E-state index is 11.3. The summed E-state index contributed by atoms with van der Waals surface area (Å²) in [4.78, 5) is 18.4. The number of aryl methyl sites for hydroxylation is 1. The standard InChI is InChI=1S/C18H22N2O4S/c1-2-15-16(18(21)22)25-17(19-15)13-4-3-5-14(12-13)24-11-8-20-6-9-23-10-7-20/h3-5,12H,2,6-11H2,1H3,(H,21,22). The Labute approximate surface area is 151 Å². The molecular weight excluding hydrogens is 340 g/mol. The Morgan fingerprint density at radius 2 is 2.20 bits per heavy atom. The number of benzene rings is 1. The average Bonchev–Trinajstić information content (AvgIpc) is 3.08. The van der Waals surface area contributed by atoms with Crippen LogP contribution in [0.5, 0.6) is 5.75 Å². The Kier molecular flexibility index (Phi) is 6.01. The molecule has 0 amide bonds. The van der Waals surface area contributed by atoms with Crippen LogP contribution < -0.4 is 4.74 Å². The van der Waals surface area contributed by atoms with Gasteiger partial charge in [-0.3, -0.25) is 4.90 Å². The molecule has 0 bridgehead atoms. The SMILES string of the molecule is CCc1nc(-c2cccc(OCCN3CCOCC3)c2)sc1C(=O)O. The number of carboxylic acids is 1. The molecule has 2 heterocycles. The molecule has 0 unspecified atom stereocenters. The summed E-state index contributed by atoms with van der Waals surface area (Å²) in [5.74, 6) is -0.144. The van der Waals surface area contributed by atoms with E-state index in [1.165, 1.54) is 11.3 Å². The molecule has 1 saturated heterocycles. The Balaban J connectivity index is 1.65. The molecule has 134 valence electrons. The molecule has 1 aromatic carbocycles. The third kappa shape index (κ3) is 4.56. The van der Waals surface area contributed by atoms with Gasteiger partial charge in [0, 0.05) is 25.2 Å². The van der Waals surface area contributed by atoms with Gasteiger partial charge >= 0.3 is 5.97 Å². The van der Waals surface area contributed by atoms with E-state index in [-0.39, 0.29) is 0 Å². The second-order valence-corrected chi connectivity index (χ2v) is 6.78. The average molecular weight is 362 g/mol. The van der Waals surface area contributed by atoms with Crippen LogP contribution >= 0.6 is 11.3 Å². The van der Waals surface area contributed by atoms with Crippen molar-refractivity contribution in [3.05, 3.63) is 34.8 Å². The molecule has 3 rings (SSSR count). The molecule has 0 radical (unpaired) electrons. The minimum absolute atomic E-state index is 0.316. The molecule has 1 aliphatic rings. The molecule has 0 atom stereocenters. The molecule has 25 heavy (non-hydrogen) atoms. The van der Waals surface area contributed by atoms with Crippen molar-refractivity contribution >= 4 is 17.3 Å². The Hall–Kier alpha value is -1.96. The lowest BCUT2D eigenvalue weighted by atomic mass is 10.2. The van der Waals surface area contributed by atoms with Crippen LogP contribution in [-0.4, -0.2) is 60.4 Å². The van der Waals surface area contributed by atoms with Crippen LogP contribution in [0.2, 0.25) is 0 Å². The van der Waals surface area contributed by atoms with Gasteiger partial charge in [-0.1, -0.05) is 19.1 Å². The number of hydrogen-bond acceptors (Lipinski definition) is 6. The summed E-state index contributed by atoms with van der Waals surface area (Å²) in [6, 6.07) is 7.67. The maximum atomic E-state index is 11.3. The van der Waals surface area contributed by atoms with Crippen molar-refractivity contribution < 1.29 is 19.4 Å². The number of hydrogen-bond donors (Lipinski definition) is 1. The summed E-state index contributed by atoms with van der Waals surface area (Å²) in [5, 5.41) is 10.00. The van der Waals surface area contributed by atoms with E-state index in [0.717, 1.165) is 44.2 Å². The number of thiazole rings is 1. The highest BCUT2D eigenvalue weighted by Gasteiger charge is 2.17. The topological polar surface area (TPSA) is 71.9 Å². The first-order chi connectivity index (χ1) is 12.2. The molecule has 0 aliphatic carbocycles. The number of aromatic nitrogens is 1. The van der Waals surface area contributed by atoms with Crippen molar-refractivity contribution in [1.29, 1.82) is 0 Å². The zero-order valence-electron chi connectivity index (χ0n) is 14.2. The minimum atomic E-state index is -0.918. The van der Waals surface area contributed by atoms with Crippen molar-refractivity contribution in [1.82, 2.24) is 9.88 Å². The summed E-state index contributed by atoms with van der Waals surface area (Å²) in [6.45, 7) is 6.85. The third-order valence-corrected chi connectivity index (χ3v) is 5.22. The number of nitrogens with zero attached hydrogens (tertiary/aromatic N) is 2. The Morgan fingerprint density at radius 3 is 2.88 bits per heavy atom. The number of aromatic carboxylic acids is 1. The molecule has 1 aromatic heterocycles. The quantitative estimate of drug-likeness (QED) is 0.817. The van der Waals surface area contributed by atoms with Crippen LogP contribution in [0.4, 0.5) is 0 Å². The van der Waals surface area contributed by atoms with E-state index in [1.54, 1.807) is 0 Å². The fourth-order valence-corrected chi connectivity index (χ4v) is 3.71. The van der Waals surface area contributed by atoms with Gasteiger partial charge in [-0.2, -0.15) is 0 Å². The predicted molar refractivity (Wildman–Crippen MR) is 96.6 cm³/mol.